The van der Waals surface area contributed by atoms with Crippen LogP contribution in [-0.4, -0.2) is 27.5 Å². The third-order valence-electron chi connectivity index (χ3n) is 3.68. The average molecular weight is 382 g/mol. The van der Waals surface area contributed by atoms with Gasteiger partial charge in [0, 0.05) is 7.79 Å². The van der Waals surface area contributed by atoms with Gasteiger partial charge in [-0.2, -0.15) is 0 Å². The molecule has 0 unspecified atom stereocenters. The Labute approximate surface area is 164 Å². The Balaban J connectivity index is 4.37. The topological polar surface area (TPSA) is 35.5 Å². The summed E-state index contributed by atoms with van der Waals surface area (Å²) < 4.78 is 18.9. The summed E-state index contributed by atoms with van der Waals surface area (Å²) in [5.74, 6) is -0.156. The molecule has 0 N–H and O–H groups in total. The molecule has 0 amide bonds. The number of allylic oxidation sites excluding steroid dienone is 4. The molecule has 0 spiro atoms. The van der Waals surface area contributed by atoms with E-state index >= 15 is 0 Å². The second-order valence-corrected chi connectivity index (χ2v) is 11.9. The highest BCUT2D eigenvalue weighted by atomic mass is 28.4. The molecule has 0 aromatic heterocycles. The molecule has 0 heterocycles. The maximum absolute atomic E-state index is 11.0. The molecule has 4 heteroatoms. The Kier molecular flexibility index (Phi) is 14.2. The van der Waals surface area contributed by atoms with Crippen molar-refractivity contribution in [3.8, 4) is 0 Å². The van der Waals surface area contributed by atoms with E-state index in [2.05, 4.69) is 43.5 Å². The lowest BCUT2D eigenvalue weighted by Gasteiger charge is -2.22. The fraction of sp³-hybridized carbons (Fsp3) is 0.682. The number of hydrogen-bond acceptors (Lipinski definition) is 3. The fourth-order valence-electron chi connectivity index (χ4n) is 2.34. The summed E-state index contributed by atoms with van der Waals surface area (Å²) in [6.45, 7) is 8.77. The molecule has 2 atom stereocenters. The van der Waals surface area contributed by atoms with Crippen molar-refractivity contribution in [2.45, 2.75) is 90.4 Å². The number of ether oxygens (including phenoxy) is 1. The first-order valence-corrected chi connectivity index (χ1v) is 13.4. The molecular formula is C22H40O3Si. The van der Waals surface area contributed by atoms with Crippen LogP contribution < -0.4 is 0 Å². The molecule has 0 bridgehead atoms. The van der Waals surface area contributed by atoms with Gasteiger partial charge in [-0.3, -0.25) is 4.79 Å². The minimum absolute atomic E-state index is 0.0420. The van der Waals surface area contributed by atoms with E-state index in [9.17, 15) is 4.79 Å². The highest BCUT2D eigenvalue weighted by Crippen LogP contribution is 2.11. The van der Waals surface area contributed by atoms with E-state index in [1.165, 1.54) is 26.4 Å². The van der Waals surface area contributed by atoms with E-state index in [1.54, 1.807) is 0 Å². The average Bonchev–Trinajstić information content (AvgIpc) is 2.60. The van der Waals surface area contributed by atoms with Crippen LogP contribution in [0, 0.1) is 0 Å². The quantitative estimate of drug-likeness (QED) is 0.139. The number of carbonyl (C=O) groups is 1. The molecule has 0 aliphatic heterocycles. The van der Waals surface area contributed by atoms with Gasteiger partial charge in [-0.1, -0.05) is 56.2 Å². The van der Waals surface area contributed by atoms with Gasteiger partial charge in [-0.05, 0) is 58.1 Å². The van der Waals surface area contributed by atoms with Gasteiger partial charge in [0.15, 0.2) is 8.32 Å². The van der Waals surface area contributed by atoms with Crippen molar-refractivity contribution in [2.75, 3.05) is 7.11 Å². The predicted octanol–water partition coefficient (Wildman–Crippen LogP) is 6.58. The van der Waals surface area contributed by atoms with Crippen LogP contribution in [0.4, 0.5) is 0 Å². The predicted molar refractivity (Wildman–Crippen MR) is 115 cm³/mol. The van der Waals surface area contributed by atoms with Gasteiger partial charge in [-0.25, -0.2) is 0 Å². The second-order valence-electron chi connectivity index (χ2n) is 7.45. The van der Waals surface area contributed by atoms with E-state index in [0.29, 0.717) is 6.42 Å². The maximum Gasteiger partial charge on any atom is 0.305 e. The zero-order valence-corrected chi connectivity index (χ0v) is 18.5. The lowest BCUT2D eigenvalue weighted by atomic mass is 10.1. The van der Waals surface area contributed by atoms with Crippen molar-refractivity contribution in [1.29, 1.82) is 0 Å². The van der Waals surface area contributed by atoms with Gasteiger partial charge in [-0.15, -0.1) is 0 Å². The lowest BCUT2D eigenvalue weighted by molar-refractivity contribution is -0.140. The summed E-state index contributed by atoms with van der Waals surface area (Å²) in [5, 5.41) is 0. The van der Waals surface area contributed by atoms with Crippen molar-refractivity contribution in [3.05, 3.63) is 36.5 Å². The molecule has 0 saturated heterocycles. The van der Waals surface area contributed by atoms with Crippen molar-refractivity contribution in [1.82, 2.24) is 0 Å². The highest BCUT2D eigenvalue weighted by molar-refractivity contribution is 6.69. The van der Waals surface area contributed by atoms with E-state index in [-0.39, 0.29) is 18.5 Å². The first kappa shape index (κ1) is 22.9. The first-order chi connectivity index (χ1) is 12.8. The van der Waals surface area contributed by atoms with Gasteiger partial charge < -0.3 is 9.16 Å². The zero-order valence-electron chi connectivity index (χ0n) is 18.5. The van der Waals surface area contributed by atoms with E-state index in [1.807, 2.05) is 24.3 Å². The van der Waals surface area contributed by atoms with Crippen LogP contribution in [0.5, 0.6) is 0 Å². The number of esters is 1. The molecule has 0 radical (unpaired) electrons. The number of unbranched alkanes of at least 4 members (excludes halogenated alkanes) is 5. The van der Waals surface area contributed by atoms with Gasteiger partial charge in [0.25, 0.3) is 0 Å². The molecule has 3 nitrogen and oxygen atoms in total. The smallest absolute Gasteiger partial charge is 0.305 e. The molecular weight excluding hydrogens is 340 g/mol. The molecule has 26 heavy (non-hydrogen) atoms. The van der Waals surface area contributed by atoms with Crippen molar-refractivity contribution in [2.24, 2.45) is 0 Å². The lowest BCUT2D eigenvalue weighted by Crippen LogP contribution is -2.30. The molecule has 150 valence electrons. The Bertz CT molecular complexity index is 467. The molecule has 0 saturated carbocycles. The number of methoxy groups -OCH3 is 1. The molecule has 0 aromatic rings. The third-order valence-corrected chi connectivity index (χ3v) is 4.66. The maximum atomic E-state index is 11.0. The summed E-state index contributed by atoms with van der Waals surface area (Å²) in [6.07, 6.45) is 19.7. The highest BCUT2D eigenvalue weighted by Gasteiger charge is 2.17. The molecule has 0 fully saturated rings. The van der Waals surface area contributed by atoms with Crippen LogP contribution in [0.25, 0.3) is 0 Å². The van der Waals surface area contributed by atoms with Crippen LogP contribution in [0.3, 0.4) is 0 Å². The zero-order chi connectivity index (χ0) is 20.5. The van der Waals surface area contributed by atoms with Crippen LogP contribution >= 0.6 is 0 Å². The standard InChI is InChI=1S/C22H40O3Si/c1-6-7-8-12-15-18-21(25-26(3,4)5)19-16-13-10-9-11-14-17-20-22(23)24-2/h9-10,15-16,18-19,21H,6-8,11-14,17,20H2,1-5H3/b10-9-,18-15-,19-16-/t21-/m1/s1/i13D/t13-,21-. The van der Waals surface area contributed by atoms with Gasteiger partial charge in [0.1, 0.15) is 0 Å². The number of rotatable bonds is 15. The Morgan fingerprint density at radius 1 is 1.00 bits per heavy atom. The number of carbonyl (C=O) groups excluding carboxylic acids is 1. The van der Waals surface area contributed by atoms with Gasteiger partial charge in [0.05, 0.1) is 13.2 Å². The second kappa shape index (κ2) is 16.1. The minimum Gasteiger partial charge on any atom is -0.469 e. The Morgan fingerprint density at radius 3 is 2.31 bits per heavy atom. The molecule has 0 aliphatic carbocycles. The monoisotopic (exact) mass is 381 g/mol. The summed E-state index contributed by atoms with van der Waals surface area (Å²) in [4.78, 5) is 11.0. The third kappa shape index (κ3) is 17.7. The fourth-order valence-corrected chi connectivity index (χ4v) is 3.31. The minimum atomic E-state index is -1.64. The van der Waals surface area contributed by atoms with Crippen LogP contribution in [0.15, 0.2) is 36.5 Å². The van der Waals surface area contributed by atoms with E-state index < -0.39 is 8.32 Å². The van der Waals surface area contributed by atoms with Crippen molar-refractivity contribution >= 4 is 14.3 Å². The van der Waals surface area contributed by atoms with Crippen molar-refractivity contribution in [3.63, 3.8) is 0 Å². The van der Waals surface area contributed by atoms with Gasteiger partial charge in [0.2, 0.25) is 0 Å². The van der Waals surface area contributed by atoms with E-state index in [4.69, 9.17) is 5.80 Å². The summed E-state index contributed by atoms with van der Waals surface area (Å²) in [6, 6.07) is 0. The van der Waals surface area contributed by atoms with E-state index in [0.717, 1.165) is 25.7 Å². The summed E-state index contributed by atoms with van der Waals surface area (Å²) >= 11 is 0. The van der Waals surface area contributed by atoms with Crippen LogP contribution in [-0.2, 0) is 14.0 Å². The van der Waals surface area contributed by atoms with Crippen LogP contribution in [0.2, 0.25) is 19.6 Å². The van der Waals surface area contributed by atoms with Crippen LogP contribution in [0.1, 0.15) is 66.1 Å². The SMILES string of the molecule is [2H][C@H](/C=C\CCCCC(=O)OC)/C=C\[C@@H](/C=C\CCCCC)O[Si](C)(C)C. The largest absolute Gasteiger partial charge is 0.469 e. The summed E-state index contributed by atoms with van der Waals surface area (Å²) in [7, 11) is -0.225. The number of hydrogen-bond donors (Lipinski definition) is 0. The molecule has 0 aromatic carbocycles. The Morgan fingerprint density at radius 2 is 1.65 bits per heavy atom. The summed E-state index contributed by atoms with van der Waals surface area (Å²) in [5.41, 5.74) is 0. The molecule has 0 rings (SSSR count). The van der Waals surface area contributed by atoms with Crippen molar-refractivity contribution < 1.29 is 15.3 Å². The normalized spacial score (nSPS) is 15.7. The molecule has 0 aliphatic rings. The Hall–Kier alpha value is -1.13. The van der Waals surface area contributed by atoms with Gasteiger partial charge >= 0.3 is 5.97 Å². The first-order valence-electron chi connectivity index (χ1n) is 10.5.